The quantitative estimate of drug-likeness (QED) is 0.459. The lowest BCUT2D eigenvalue weighted by Gasteiger charge is -2.15. The van der Waals surface area contributed by atoms with E-state index in [2.05, 4.69) is 13.2 Å². The van der Waals surface area contributed by atoms with Gasteiger partial charge in [0.25, 0.3) is 0 Å². The molecule has 2 aromatic rings. The van der Waals surface area contributed by atoms with Crippen molar-refractivity contribution < 1.29 is 4.79 Å². The van der Waals surface area contributed by atoms with Crippen molar-refractivity contribution in [3.63, 3.8) is 0 Å². The van der Waals surface area contributed by atoms with Crippen molar-refractivity contribution in [3.05, 3.63) is 109 Å². The average molecular weight is 342 g/mol. The second-order valence-corrected chi connectivity index (χ2v) is 6.18. The molecule has 0 aliphatic heterocycles. The Bertz CT molecular complexity index is 688. The predicted molar refractivity (Wildman–Crippen MR) is 113 cm³/mol. The molecule has 0 fully saturated rings. The standard InChI is InChI=1S/C25H26O/c1-3-23(19-11-17-21-13-7-5-8-14-21)25(26)24(4-2)20-12-18-22-15-9-6-10-16-22/h3-18,23-24H,1-2,19-20H2/b17-11+,18-12+. The third kappa shape index (κ3) is 6.18. The molecule has 0 N–H and O–H groups in total. The number of carbonyl (C=O) groups is 1. The van der Waals surface area contributed by atoms with Gasteiger partial charge in [0.15, 0.2) is 0 Å². The zero-order valence-corrected chi connectivity index (χ0v) is 15.1. The summed E-state index contributed by atoms with van der Waals surface area (Å²) in [4.78, 5) is 12.8. The lowest BCUT2D eigenvalue weighted by Crippen LogP contribution is -2.20. The highest BCUT2D eigenvalue weighted by Crippen LogP contribution is 2.19. The van der Waals surface area contributed by atoms with Crippen LogP contribution in [-0.4, -0.2) is 5.78 Å². The van der Waals surface area contributed by atoms with E-state index in [9.17, 15) is 4.79 Å². The molecule has 0 aliphatic rings. The van der Waals surface area contributed by atoms with Gasteiger partial charge in [-0.1, -0.05) is 97.1 Å². The fourth-order valence-corrected chi connectivity index (χ4v) is 2.76. The monoisotopic (exact) mass is 342 g/mol. The van der Waals surface area contributed by atoms with E-state index in [1.54, 1.807) is 12.2 Å². The molecule has 1 nitrogen and oxygen atoms in total. The third-order valence-electron chi connectivity index (χ3n) is 4.30. The minimum atomic E-state index is -0.192. The maximum absolute atomic E-state index is 12.8. The van der Waals surface area contributed by atoms with Gasteiger partial charge in [-0.2, -0.15) is 0 Å². The van der Waals surface area contributed by atoms with Crippen LogP contribution in [0.15, 0.2) is 98.1 Å². The predicted octanol–water partition coefficient (Wildman–Crippen LogP) is 6.37. The summed E-state index contributed by atoms with van der Waals surface area (Å²) in [7, 11) is 0. The maximum Gasteiger partial charge on any atom is 0.147 e. The van der Waals surface area contributed by atoms with Gasteiger partial charge in [-0.05, 0) is 24.0 Å². The van der Waals surface area contributed by atoms with Gasteiger partial charge in [0, 0.05) is 11.8 Å². The van der Waals surface area contributed by atoms with Gasteiger partial charge >= 0.3 is 0 Å². The summed E-state index contributed by atoms with van der Waals surface area (Å²) < 4.78 is 0. The van der Waals surface area contributed by atoms with E-state index in [0.29, 0.717) is 12.8 Å². The first kappa shape index (κ1) is 19.4. The highest BCUT2D eigenvalue weighted by Gasteiger charge is 2.20. The molecule has 2 atom stereocenters. The van der Waals surface area contributed by atoms with Gasteiger partial charge in [0.05, 0.1) is 0 Å². The summed E-state index contributed by atoms with van der Waals surface area (Å²) in [6, 6.07) is 20.2. The van der Waals surface area contributed by atoms with E-state index in [4.69, 9.17) is 0 Å². The van der Waals surface area contributed by atoms with E-state index < -0.39 is 0 Å². The van der Waals surface area contributed by atoms with Crippen LogP contribution in [0, 0.1) is 11.8 Å². The Hall–Kier alpha value is -2.93. The molecule has 0 spiro atoms. The lowest BCUT2D eigenvalue weighted by atomic mass is 9.88. The van der Waals surface area contributed by atoms with E-state index in [-0.39, 0.29) is 17.6 Å². The molecular weight excluding hydrogens is 316 g/mol. The number of carbonyl (C=O) groups excluding carboxylic acids is 1. The summed E-state index contributed by atoms with van der Waals surface area (Å²) in [6.45, 7) is 7.69. The van der Waals surface area contributed by atoms with Crippen LogP contribution in [0.25, 0.3) is 12.2 Å². The van der Waals surface area contributed by atoms with Crippen LogP contribution in [0.4, 0.5) is 0 Å². The first-order valence-corrected chi connectivity index (χ1v) is 8.96. The van der Waals surface area contributed by atoms with Crippen molar-refractivity contribution in [3.8, 4) is 0 Å². The molecule has 0 heterocycles. The highest BCUT2D eigenvalue weighted by atomic mass is 16.1. The first-order valence-electron chi connectivity index (χ1n) is 8.96. The molecule has 2 unspecified atom stereocenters. The number of Topliss-reactive ketones (excluding diaryl/α,β-unsaturated/α-hetero) is 1. The molecule has 0 saturated heterocycles. The normalized spacial score (nSPS) is 13.5. The first-order chi connectivity index (χ1) is 12.7. The van der Waals surface area contributed by atoms with E-state index in [1.165, 1.54) is 0 Å². The average Bonchev–Trinajstić information content (AvgIpc) is 2.70. The maximum atomic E-state index is 12.8. The number of ketones is 1. The Balaban J connectivity index is 1.93. The minimum absolute atomic E-state index is 0.172. The summed E-state index contributed by atoms with van der Waals surface area (Å²) in [5.74, 6) is -0.211. The summed E-state index contributed by atoms with van der Waals surface area (Å²) in [5.41, 5.74) is 2.27. The molecule has 0 aliphatic carbocycles. The van der Waals surface area contributed by atoms with E-state index in [1.807, 2.05) is 85.0 Å². The van der Waals surface area contributed by atoms with Crippen LogP contribution in [0.5, 0.6) is 0 Å². The highest BCUT2D eigenvalue weighted by molar-refractivity contribution is 5.86. The number of allylic oxidation sites excluding steroid dienone is 4. The Kier molecular flexibility index (Phi) is 8.08. The topological polar surface area (TPSA) is 17.1 Å². The Morgan fingerprint density at radius 1 is 0.731 bits per heavy atom. The number of benzene rings is 2. The minimum Gasteiger partial charge on any atom is -0.298 e. The molecule has 0 bridgehead atoms. The summed E-state index contributed by atoms with van der Waals surface area (Å²) in [5, 5.41) is 0. The van der Waals surface area contributed by atoms with Crippen molar-refractivity contribution in [1.29, 1.82) is 0 Å². The Morgan fingerprint density at radius 3 is 1.46 bits per heavy atom. The zero-order chi connectivity index (χ0) is 18.6. The molecule has 2 aromatic carbocycles. The SMILES string of the molecule is C=CC(C/C=C/c1ccccc1)C(=O)C(C=C)C/C=C/c1ccccc1. The van der Waals surface area contributed by atoms with Crippen molar-refractivity contribution in [1.82, 2.24) is 0 Å². The van der Waals surface area contributed by atoms with Gasteiger partial charge in [0.1, 0.15) is 5.78 Å². The Morgan fingerprint density at radius 2 is 1.12 bits per heavy atom. The van der Waals surface area contributed by atoms with Gasteiger partial charge in [0.2, 0.25) is 0 Å². The van der Waals surface area contributed by atoms with Crippen molar-refractivity contribution >= 4 is 17.9 Å². The van der Waals surface area contributed by atoms with Crippen molar-refractivity contribution in [2.75, 3.05) is 0 Å². The molecule has 132 valence electrons. The largest absolute Gasteiger partial charge is 0.298 e. The van der Waals surface area contributed by atoms with Gasteiger partial charge < -0.3 is 0 Å². The van der Waals surface area contributed by atoms with Crippen LogP contribution >= 0.6 is 0 Å². The van der Waals surface area contributed by atoms with E-state index in [0.717, 1.165) is 11.1 Å². The van der Waals surface area contributed by atoms with Crippen molar-refractivity contribution in [2.24, 2.45) is 11.8 Å². The van der Waals surface area contributed by atoms with Gasteiger partial charge in [-0.3, -0.25) is 4.79 Å². The fraction of sp³-hybridized carbons (Fsp3) is 0.160. The van der Waals surface area contributed by atoms with Crippen LogP contribution in [-0.2, 0) is 4.79 Å². The molecule has 0 radical (unpaired) electrons. The Labute approximate surface area is 157 Å². The van der Waals surface area contributed by atoms with Gasteiger partial charge in [-0.15, -0.1) is 13.2 Å². The fourth-order valence-electron chi connectivity index (χ4n) is 2.76. The molecule has 26 heavy (non-hydrogen) atoms. The molecule has 0 aromatic heterocycles. The smallest absolute Gasteiger partial charge is 0.147 e. The third-order valence-corrected chi connectivity index (χ3v) is 4.30. The van der Waals surface area contributed by atoms with Gasteiger partial charge in [-0.25, -0.2) is 0 Å². The van der Waals surface area contributed by atoms with Crippen molar-refractivity contribution in [2.45, 2.75) is 12.8 Å². The van der Waals surface area contributed by atoms with Crippen LogP contribution < -0.4 is 0 Å². The molecule has 0 amide bonds. The lowest BCUT2D eigenvalue weighted by molar-refractivity contribution is -0.123. The van der Waals surface area contributed by atoms with Crippen LogP contribution in [0.1, 0.15) is 24.0 Å². The molecule has 0 saturated carbocycles. The number of hydrogen-bond acceptors (Lipinski definition) is 1. The summed E-state index contributed by atoms with van der Waals surface area (Å²) >= 11 is 0. The summed E-state index contributed by atoms with van der Waals surface area (Å²) in [6.07, 6.45) is 13.0. The number of rotatable bonds is 10. The second kappa shape index (κ2) is 10.8. The second-order valence-electron chi connectivity index (χ2n) is 6.18. The molecular formula is C25H26O. The van der Waals surface area contributed by atoms with E-state index >= 15 is 0 Å². The van der Waals surface area contributed by atoms with Crippen LogP contribution in [0.3, 0.4) is 0 Å². The molecule has 1 heteroatoms. The van der Waals surface area contributed by atoms with Crippen LogP contribution in [0.2, 0.25) is 0 Å². The zero-order valence-electron chi connectivity index (χ0n) is 15.1. The number of hydrogen-bond donors (Lipinski definition) is 0. The molecule has 2 rings (SSSR count).